The molecule has 1 aromatic carbocycles. The Balaban J connectivity index is 1.65. The number of nitrogens with zero attached hydrogens (tertiary/aromatic N) is 4. The molecule has 15 heteroatoms. The first kappa shape index (κ1) is 42.4. The zero-order valence-electron chi connectivity index (χ0n) is 31.9. The molecule has 1 amide bonds. The van der Waals surface area contributed by atoms with Gasteiger partial charge in [-0.25, -0.2) is 4.79 Å². The minimum Gasteiger partial charge on any atom is -0.481 e. The number of cyclic esters (lactones) is 1. The zero-order chi connectivity index (χ0) is 39.0. The number of ketones is 1. The van der Waals surface area contributed by atoms with Crippen molar-refractivity contribution in [1.29, 1.82) is 0 Å². The molecule has 3 rings (SSSR count). The van der Waals surface area contributed by atoms with E-state index in [-0.39, 0.29) is 30.0 Å². The Labute approximate surface area is 308 Å². The first-order valence-electron chi connectivity index (χ1n) is 18.2. The molecule has 0 aliphatic carbocycles. The lowest BCUT2D eigenvalue weighted by Gasteiger charge is -2.41. The number of aliphatic carboxylic acids is 2. The molecule has 2 heterocycles. The number of aromatic nitrogens is 3. The van der Waals surface area contributed by atoms with Crippen LogP contribution in [0.2, 0.25) is 5.82 Å². The summed E-state index contributed by atoms with van der Waals surface area (Å²) in [6.45, 7) is 15.2. The van der Waals surface area contributed by atoms with Gasteiger partial charge in [-0.2, -0.15) is 0 Å². The highest BCUT2D eigenvalue weighted by atomic mass is 16.6. The second-order valence-electron chi connectivity index (χ2n) is 14.9. The highest BCUT2D eigenvalue weighted by Crippen LogP contribution is 2.40. The molecule has 9 atom stereocenters. The third kappa shape index (κ3) is 10.1. The van der Waals surface area contributed by atoms with E-state index in [0.29, 0.717) is 31.7 Å². The Morgan fingerprint density at radius 2 is 1.85 bits per heavy atom. The SMILES string of the molecule is [B][C@H]([C@@H](C)C(=O)[C@@H](CC(=O)O)C(=O)O)[C@@](C)(C[C@@H](C)CN[C@H](C)[C@H]1N(CCCCn2cc(-c3cccc(N)c3)nn2)C(=O)O[C@]1(C)[C@H](C)CC)OC. The molecule has 286 valence electrons. The van der Waals surface area contributed by atoms with E-state index in [0.717, 1.165) is 30.5 Å². The van der Waals surface area contributed by atoms with Gasteiger partial charge in [0.25, 0.3) is 0 Å². The minimum atomic E-state index is -1.70. The number of methoxy groups -OCH3 is 1. The number of nitrogens with one attached hydrogen (secondary N) is 1. The van der Waals surface area contributed by atoms with E-state index in [1.165, 1.54) is 14.0 Å². The van der Waals surface area contributed by atoms with Gasteiger partial charge in [0.05, 0.1) is 32.1 Å². The molecule has 0 bridgehead atoms. The number of carbonyl (C=O) groups is 4. The van der Waals surface area contributed by atoms with E-state index in [4.69, 9.17) is 28.2 Å². The summed E-state index contributed by atoms with van der Waals surface area (Å²) in [5.74, 6) is -7.10. The maximum absolute atomic E-state index is 13.4. The largest absolute Gasteiger partial charge is 0.481 e. The van der Waals surface area contributed by atoms with E-state index in [9.17, 15) is 24.3 Å². The number of hydrogen-bond acceptors (Lipinski definition) is 10. The van der Waals surface area contributed by atoms with Gasteiger partial charge in [-0.05, 0) is 82.8 Å². The van der Waals surface area contributed by atoms with Crippen LogP contribution in [0.4, 0.5) is 10.5 Å². The number of hydrogen-bond donors (Lipinski definition) is 4. The average Bonchev–Trinajstić information content (AvgIpc) is 3.68. The van der Waals surface area contributed by atoms with Crippen LogP contribution in [0.1, 0.15) is 80.6 Å². The molecule has 52 heavy (non-hydrogen) atoms. The summed E-state index contributed by atoms with van der Waals surface area (Å²) in [6, 6.07) is 7.09. The second-order valence-corrected chi connectivity index (χ2v) is 14.9. The molecule has 0 unspecified atom stereocenters. The predicted octanol–water partition coefficient (Wildman–Crippen LogP) is 4.68. The van der Waals surface area contributed by atoms with E-state index in [1.807, 2.05) is 49.2 Å². The van der Waals surface area contributed by atoms with Crippen LogP contribution in [0.5, 0.6) is 0 Å². The maximum Gasteiger partial charge on any atom is 0.410 e. The number of carbonyl (C=O) groups excluding carboxylic acids is 2. The summed E-state index contributed by atoms with van der Waals surface area (Å²) < 4.78 is 13.8. The van der Waals surface area contributed by atoms with Crippen LogP contribution in [0.15, 0.2) is 30.5 Å². The molecular formula is C37H57BN6O8. The number of rotatable bonds is 22. The summed E-state index contributed by atoms with van der Waals surface area (Å²) in [4.78, 5) is 51.2. The molecule has 1 fully saturated rings. The number of carboxylic acid groups (broad SMARTS) is 2. The number of nitrogens with two attached hydrogens (primary N) is 1. The summed E-state index contributed by atoms with van der Waals surface area (Å²) in [5, 5.41) is 30.8. The average molecular weight is 725 g/mol. The Bertz CT molecular complexity index is 1540. The monoisotopic (exact) mass is 724 g/mol. The molecule has 2 radical (unpaired) electrons. The number of amides is 1. The van der Waals surface area contributed by atoms with Gasteiger partial charge >= 0.3 is 18.0 Å². The van der Waals surface area contributed by atoms with Crippen LogP contribution in [-0.2, 0) is 30.4 Å². The van der Waals surface area contributed by atoms with Crippen molar-refractivity contribution in [2.75, 3.05) is 25.9 Å². The molecule has 1 aliphatic rings. The number of carboxylic acids is 2. The molecule has 1 saturated heterocycles. The van der Waals surface area contributed by atoms with Gasteiger partial charge in [-0.1, -0.05) is 45.0 Å². The molecule has 5 N–H and O–H groups in total. The Morgan fingerprint density at radius 3 is 2.44 bits per heavy atom. The smallest absolute Gasteiger partial charge is 0.410 e. The highest BCUT2D eigenvalue weighted by molar-refractivity contribution is 6.16. The number of anilines is 1. The van der Waals surface area contributed by atoms with Crippen LogP contribution in [0, 0.1) is 23.7 Å². The fraction of sp³-hybridized carbons (Fsp3) is 0.676. The van der Waals surface area contributed by atoms with Crippen molar-refractivity contribution in [3.8, 4) is 11.3 Å². The van der Waals surface area contributed by atoms with E-state index < -0.39 is 53.0 Å². The summed E-state index contributed by atoms with van der Waals surface area (Å²) in [6.07, 6.45) is 3.49. The van der Waals surface area contributed by atoms with Crippen molar-refractivity contribution in [3.05, 3.63) is 30.5 Å². The number of unbranched alkanes of at least 4 members (excludes halogenated alkanes) is 1. The topological polar surface area (TPSA) is 199 Å². The molecule has 1 aliphatic heterocycles. The van der Waals surface area contributed by atoms with Gasteiger partial charge in [-0.15, -0.1) is 5.10 Å². The molecule has 1 aromatic heterocycles. The lowest BCUT2D eigenvalue weighted by molar-refractivity contribution is -0.153. The quantitative estimate of drug-likeness (QED) is 0.0567. The van der Waals surface area contributed by atoms with Gasteiger partial charge in [0.15, 0.2) is 0 Å². The fourth-order valence-corrected chi connectivity index (χ4v) is 7.44. The molecular weight excluding hydrogens is 667 g/mol. The van der Waals surface area contributed by atoms with Crippen molar-refractivity contribution < 1.29 is 38.9 Å². The van der Waals surface area contributed by atoms with E-state index in [1.54, 1.807) is 11.6 Å². The van der Waals surface area contributed by atoms with E-state index >= 15 is 0 Å². The fourth-order valence-electron chi connectivity index (χ4n) is 7.44. The first-order valence-corrected chi connectivity index (χ1v) is 18.2. The van der Waals surface area contributed by atoms with Crippen molar-refractivity contribution >= 4 is 37.3 Å². The lowest BCUT2D eigenvalue weighted by Crippen LogP contribution is -2.58. The van der Waals surface area contributed by atoms with Gasteiger partial charge < -0.3 is 30.7 Å². The van der Waals surface area contributed by atoms with Crippen LogP contribution in [0.25, 0.3) is 11.3 Å². The molecule has 2 aromatic rings. The number of nitrogen functional groups attached to an aromatic ring is 1. The molecule has 0 saturated carbocycles. The minimum absolute atomic E-state index is 0.0173. The number of ether oxygens (including phenoxy) is 2. The Hall–Kier alpha value is -3.98. The van der Waals surface area contributed by atoms with Crippen LogP contribution in [0.3, 0.4) is 0 Å². The predicted molar refractivity (Wildman–Crippen MR) is 198 cm³/mol. The van der Waals surface area contributed by atoms with Crippen LogP contribution in [-0.4, -0.2) is 105 Å². The summed E-state index contributed by atoms with van der Waals surface area (Å²) in [7, 11) is 8.03. The zero-order valence-corrected chi connectivity index (χ0v) is 31.9. The number of Topliss-reactive ketones (excluding diaryl/α,β-unsaturated/α-hetero) is 1. The molecule has 0 spiro atoms. The van der Waals surface area contributed by atoms with Crippen molar-refractivity contribution in [1.82, 2.24) is 25.2 Å². The van der Waals surface area contributed by atoms with Gasteiger partial charge in [0.1, 0.15) is 23.0 Å². The van der Waals surface area contributed by atoms with E-state index in [2.05, 4.69) is 36.4 Å². The highest BCUT2D eigenvalue weighted by Gasteiger charge is 2.55. The lowest BCUT2D eigenvalue weighted by atomic mass is 9.62. The van der Waals surface area contributed by atoms with Gasteiger partial charge in [-0.3, -0.25) is 24.0 Å². The van der Waals surface area contributed by atoms with Crippen molar-refractivity contribution in [3.63, 3.8) is 0 Å². The number of benzene rings is 1. The molecule has 14 nitrogen and oxygen atoms in total. The third-order valence-electron chi connectivity index (χ3n) is 11.0. The van der Waals surface area contributed by atoms with Gasteiger partial charge in [0.2, 0.25) is 0 Å². The normalized spacial score (nSPS) is 22.1. The maximum atomic E-state index is 13.4. The summed E-state index contributed by atoms with van der Waals surface area (Å²) in [5.41, 5.74) is 6.47. The Kier molecular flexibility index (Phi) is 14.8. The standard InChI is InChI=1S/C37H57BN6O8/c1-9-23(3)37(7)33(44(35(50)52-37)16-11-10-15-43-21-29(41-42-43)26-13-12-14-27(39)17-26)25(5)40-20-22(2)19-36(6,51-8)32(38)24(4)31(47)28(34(48)49)18-30(45)46/h12-14,17,21-25,28,32-33,40H,9-11,15-16,18-20,39H2,1-8H3,(H,45,46)(H,48,49)/t22-,23-,24+,25-,28-,32-,33-,36-,37-/m1/s1. The third-order valence-corrected chi connectivity index (χ3v) is 11.0. The number of aryl methyl sites for hydroxylation is 1. The first-order chi connectivity index (χ1) is 24.4. The van der Waals surface area contributed by atoms with Crippen LogP contribution >= 0.6 is 0 Å². The van der Waals surface area contributed by atoms with Crippen molar-refractivity contribution in [2.24, 2.45) is 23.7 Å². The van der Waals surface area contributed by atoms with Crippen molar-refractivity contribution in [2.45, 2.75) is 116 Å². The van der Waals surface area contributed by atoms with Gasteiger partial charge in [0, 0.05) is 43.4 Å². The Morgan fingerprint density at radius 1 is 1.17 bits per heavy atom. The van der Waals surface area contributed by atoms with Crippen LogP contribution < -0.4 is 11.1 Å². The summed E-state index contributed by atoms with van der Waals surface area (Å²) >= 11 is 0. The second kappa shape index (κ2) is 18.2.